The summed E-state index contributed by atoms with van der Waals surface area (Å²) in [6.07, 6.45) is 0.501. The predicted octanol–water partition coefficient (Wildman–Crippen LogP) is 2.97. The van der Waals surface area contributed by atoms with E-state index in [2.05, 4.69) is 13.0 Å². The van der Waals surface area contributed by atoms with Gasteiger partial charge < -0.3 is 4.74 Å². The standard InChI is InChI=1S/C13H16O2/c1-7-5-8(2)12-11(14)6-9(3)15-13(12)10(7)4/h5,9H,6H2,1-4H3. The third-order valence-electron chi connectivity index (χ3n) is 3.06. The molecule has 1 heterocycles. The van der Waals surface area contributed by atoms with E-state index in [4.69, 9.17) is 4.74 Å². The Morgan fingerprint density at radius 1 is 1.27 bits per heavy atom. The first-order valence-corrected chi connectivity index (χ1v) is 5.31. The Hall–Kier alpha value is -1.31. The second kappa shape index (κ2) is 3.37. The molecule has 2 rings (SSSR count). The predicted molar refractivity (Wildman–Crippen MR) is 59.7 cm³/mol. The van der Waals surface area contributed by atoms with Crippen LogP contribution in [0.1, 0.15) is 40.4 Å². The van der Waals surface area contributed by atoms with E-state index in [1.807, 2.05) is 20.8 Å². The molecule has 0 amide bonds. The molecule has 0 bridgehead atoms. The summed E-state index contributed by atoms with van der Waals surface area (Å²) in [5.41, 5.74) is 4.10. The van der Waals surface area contributed by atoms with Crippen molar-refractivity contribution < 1.29 is 9.53 Å². The van der Waals surface area contributed by atoms with Crippen molar-refractivity contribution in [2.75, 3.05) is 0 Å². The van der Waals surface area contributed by atoms with Crippen molar-refractivity contribution >= 4 is 5.78 Å². The number of hydrogen-bond acceptors (Lipinski definition) is 2. The molecule has 80 valence electrons. The van der Waals surface area contributed by atoms with Crippen molar-refractivity contribution in [3.05, 3.63) is 28.3 Å². The van der Waals surface area contributed by atoms with Crippen LogP contribution in [-0.2, 0) is 0 Å². The number of benzene rings is 1. The first kappa shape index (κ1) is 10.2. The minimum atomic E-state index is 0.00454. The van der Waals surface area contributed by atoms with E-state index >= 15 is 0 Å². The molecule has 0 N–H and O–H groups in total. The van der Waals surface area contributed by atoms with E-state index in [1.165, 1.54) is 5.56 Å². The summed E-state index contributed by atoms with van der Waals surface area (Å²) in [5.74, 6) is 1.01. The summed E-state index contributed by atoms with van der Waals surface area (Å²) >= 11 is 0. The Balaban J connectivity index is 2.69. The Labute approximate surface area is 90.3 Å². The van der Waals surface area contributed by atoms with Crippen LogP contribution in [0.3, 0.4) is 0 Å². The largest absolute Gasteiger partial charge is 0.489 e. The molecule has 0 radical (unpaired) electrons. The summed E-state index contributed by atoms with van der Waals surface area (Å²) in [5, 5.41) is 0. The summed E-state index contributed by atoms with van der Waals surface area (Å²) in [6.45, 7) is 7.98. The number of ether oxygens (including phenoxy) is 1. The average Bonchev–Trinajstić information content (AvgIpc) is 2.12. The summed E-state index contributed by atoms with van der Waals surface area (Å²) < 4.78 is 5.77. The van der Waals surface area contributed by atoms with Gasteiger partial charge in [0.1, 0.15) is 11.9 Å². The highest BCUT2D eigenvalue weighted by Crippen LogP contribution is 2.35. The van der Waals surface area contributed by atoms with Crippen molar-refractivity contribution in [3.8, 4) is 5.75 Å². The minimum Gasteiger partial charge on any atom is -0.489 e. The number of carbonyl (C=O) groups is 1. The molecule has 1 atom stereocenters. The molecule has 2 nitrogen and oxygen atoms in total. The lowest BCUT2D eigenvalue weighted by Crippen LogP contribution is -2.25. The number of aryl methyl sites for hydroxylation is 2. The molecule has 0 saturated heterocycles. The minimum absolute atomic E-state index is 0.00454. The molecule has 1 aromatic rings. The van der Waals surface area contributed by atoms with Gasteiger partial charge in [-0.15, -0.1) is 0 Å². The number of ketones is 1. The molecule has 15 heavy (non-hydrogen) atoms. The normalized spacial score (nSPS) is 19.7. The van der Waals surface area contributed by atoms with Gasteiger partial charge in [0.2, 0.25) is 0 Å². The molecule has 1 aliphatic rings. The lowest BCUT2D eigenvalue weighted by Gasteiger charge is -2.26. The van der Waals surface area contributed by atoms with Crippen LogP contribution in [0.15, 0.2) is 6.07 Å². The van der Waals surface area contributed by atoms with Crippen LogP contribution in [0.25, 0.3) is 0 Å². The average molecular weight is 204 g/mol. The smallest absolute Gasteiger partial charge is 0.170 e. The highest BCUT2D eigenvalue weighted by Gasteiger charge is 2.27. The van der Waals surface area contributed by atoms with E-state index in [1.54, 1.807) is 0 Å². The summed E-state index contributed by atoms with van der Waals surface area (Å²) in [7, 11) is 0. The lowest BCUT2D eigenvalue weighted by molar-refractivity contribution is 0.0868. The lowest BCUT2D eigenvalue weighted by atomic mass is 9.92. The van der Waals surface area contributed by atoms with Crippen molar-refractivity contribution in [3.63, 3.8) is 0 Å². The fourth-order valence-corrected chi connectivity index (χ4v) is 2.15. The molecule has 0 aliphatic carbocycles. The maximum Gasteiger partial charge on any atom is 0.170 e. The van der Waals surface area contributed by atoms with Crippen LogP contribution in [0.5, 0.6) is 5.75 Å². The van der Waals surface area contributed by atoms with Gasteiger partial charge >= 0.3 is 0 Å². The highest BCUT2D eigenvalue weighted by atomic mass is 16.5. The molecule has 0 spiro atoms. The zero-order valence-electron chi connectivity index (χ0n) is 9.68. The zero-order chi connectivity index (χ0) is 11.2. The van der Waals surface area contributed by atoms with Crippen molar-refractivity contribution in [2.45, 2.75) is 40.2 Å². The highest BCUT2D eigenvalue weighted by molar-refractivity contribution is 6.01. The SMILES string of the molecule is Cc1cc(C)c2c(c1C)OC(C)CC2=O. The van der Waals surface area contributed by atoms with Crippen molar-refractivity contribution in [1.82, 2.24) is 0 Å². The molecule has 1 aliphatic heterocycles. The first-order valence-electron chi connectivity index (χ1n) is 5.31. The fraction of sp³-hybridized carbons (Fsp3) is 0.462. The van der Waals surface area contributed by atoms with Gasteiger partial charge in [0, 0.05) is 6.42 Å². The molecule has 1 aromatic carbocycles. The van der Waals surface area contributed by atoms with Gasteiger partial charge in [0.25, 0.3) is 0 Å². The first-order chi connectivity index (χ1) is 7.00. The van der Waals surface area contributed by atoms with E-state index in [-0.39, 0.29) is 11.9 Å². The van der Waals surface area contributed by atoms with Gasteiger partial charge in [-0.1, -0.05) is 6.07 Å². The van der Waals surface area contributed by atoms with Gasteiger partial charge in [-0.3, -0.25) is 4.79 Å². The fourth-order valence-electron chi connectivity index (χ4n) is 2.15. The molecule has 0 aromatic heterocycles. The molecule has 0 fully saturated rings. The van der Waals surface area contributed by atoms with Gasteiger partial charge in [0.15, 0.2) is 5.78 Å². The Bertz CT molecular complexity index is 433. The van der Waals surface area contributed by atoms with Crippen molar-refractivity contribution in [2.24, 2.45) is 0 Å². The van der Waals surface area contributed by atoms with E-state index in [0.29, 0.717) is 6.42 Å². The molecular weight excluding hydrogens is 188 g/mol. The van der Waals surface area contributed by atoms with Crippen LogP contribution < -0.4 is 4.74 Å². The second-order valence-electron chi connectivity index (χ2n) is 4.40. The van der Waals surface area contributed by atoms with E-state index in [9.17, 15) is 4.79 Å². The quantitative estimate of drug-likeness (QED) is 0.649. The third kappa shape index (κ3) is 1.54. The van der Waals surface area contributed by atoms with Crippen LogP contribution in [0.2, 0.25) is 0 Å². The monoisotopic (exact) mass is 204 g/mol. The number of Topliss-reactive ketones (excluding diaryl/α,β-unsaturated/α-hetero) is 1. The number of rotatable bonds is 0. The Morgan fingerprint density at radius 3 is 2.60 bits per heavy atom. The second-order valence-corrected chi connectivity index (χ2v) is 4.40. The van der Waals surface area contributed by atoms with Gasteiger partial charge in [-0.05, 0) is 44.4 Å². The summed E-state index contributed by atoms with van der Waals surface area (Å²) in [6, 6.07) is 2.06. The molecular formula is C13H16O2. The van der Waals surface area contributed by atoms with Crippen LogP contribution in [0, 0.1) is 20.8 Å². The maximum absolute atomic E-state index is 11.9. The van der Waals surface area contributed by atoms with Gasteiger partial charge in [-0.2, -0.15) is 0 Å². The van der Waals surface area contributed by atoms with Crippen LogP contribution >= 0.6 is 0 Å². The molecule has 1 unspecified atom stereocenters. The number of fused-ring (bicyclic) bond motifs is 1. The third-order valence-corrected chi connectivity index (χ3v) is 3.06. The number of hydrogen-bond donors (Lipinski definition) is 0. The summed E-state index contributed by atoms with van der Waals surface area (Å²) in [4.78, 5) is 11.9. The number of carbonyl (C=O) groups excluding carboxylic acids is 1. The topological polar surface area (TPSA) is 26.3 Å². The zero-order valence-corrected chi connectivity index (χ0v) is 9.68. The molecule has 2 heteroatoms. The Morgan fingerprint density at radius 2 is 1.93 bits per heavy atom. The Kier molecular flexibility index (Phi) is 2.29. The van der Waals surface area contributed by atoms with Crippen LogP contribution in [0.4, 0.5) is 0 Å². The van der Waals surface area contributed by atoms with Gasteiger partial charge in [0.05, 0.1) is 5.56 Å². The van der Waals surface area contributed by atoms with E-state index < -0.39 is 0 Å². The van der Waals surface area contributed by atoms with Crippen molar-refractivity contribution in [1.29, 1.82) is 0 Å². The van der Waals surface area contributed by atoms with E-state index in [0.717, 1.165) is 22.4 Å². The van der Waals surface area contributed by atoms with Crippen LogP contribution in [-0.4, -0.2) is 11.9 Å². The van der Waals surface area contributed by atoms with Gasteiger partial charge in [-0.25, -0.2) is 0 Å². The maximum atomic E-state index is 11.9. The molecule has 0 saturated carbocycles.